The van der Waals surface area contributed by atoms with E-state index in [2.05, 4.69) is 15.7 Å². The molecule has 3 N–H and O–H groups in total. The Morgan fingerprint density at radius 2 is 1.76 bits per heavy atom. The first-order valence-electron chi connectivity index (χ1n) is 8.55. The van der Waals surface area contributed by atoms with Crippen molar-refractivity contribution in [2.45, 2.75) is 6.04 Å². The molecule has 0 unspecified atom stereocenters. The Morgan fingerprint density at radius 3 is 2.45 bits per heavy atom. The summed E-state index contributed by atoms with van der Waals surface area (Å²) in [7, 11) is 0. The molecular weight excluding hydrogens is 382 g/mol. The lowest BCUT2D eigenvalue weighted by Crippen LogP contribution is -2.26. The van der Waals surface area contributed by atoms with Gasteiger partial charge in [0.1, 0.15) is 34.8 Å². The number of nitrogens with zero attached hydrogens (tertiary/aromatic N) is 2. The molecule has 0 saturated carbocycles. The number of fused-ring (bicyclic) bond motifs is 1. The van der Waals surface area contributed by atoms with Gasteiger partial charge in [-0.1, -0.05) is 30.3 Å². The van der Waals surface area contributed by atoms with Crippen LogP contribution in [0.4, 0.5) is 20.3 Å². The van der Waals surface area contributed by atoms with Gasteiger partial charge < -0.3 is 15.7 Å². The number of para-hydroxylation sites is 1. The number of allylic oxidation sites excluding steroid dienone is 1. The standard InChI is InChI=1S/C20H14F2N4O3/c21-13-6-2-1-5-11(13)17-9-16(20(28)29)24-18-12(10-23-26(17)18)19(27)25-15-8-4-3-7-14(15)22/h1-10,17,24H,(H,25,27)(H,28,29)/t17-/m1/s1. The summed E-state index contributed by atoms with van der Waals surface area (Å²) in [6.07, 6.45) is 2.52. The highest BCUT2D eigenvalue weighted by Crippen LogP contribution is 2.33. The Morgan fingerprint density at radius 1 is 1.07 bits per heavy atom. The molecule has 7 nitrogen and oxygen atoms in total. The van der Waals surface area contributed by atoms with Crippen molar-refractivity contribution in [3.8, 4) is 0 Å². The molecule has 0 radical (unpaired) electrons. The number of halogens is 2. The van der Waals surface area contributed by atoms with Crippen molar-refractivity contribution in [2.75, 3.05) is 10.6 Å². The van der Waals surface area contributed by atoms with Crippen LogP contribution in [-0.4, -0.2) is 26.8 Å². The van der Waals surface area contributed by atoms with Gasteiger partial charge in [0.25, 0.3) is 5.91 Å². The van der Waals surface area contributed by atoms with Gasteiger partial charge in [-0.2, -0.15) is 5.10 Å². The molecule has 0 bridgehead atoms. The molecule has 1 aliphatic rings. The minimum Gasteiger partial charge on any atom is -0.477 e. The van der Waals surface area contributed by atoms with Crippen LogP contribution < -0.4 is 10.6 Å². The van der Waals surface area contributed by atoms with Crippen molar-refractivity contribution in [1.29, 1.82) is 0 Å². The van der Waals surface area contributed by atoms with E-state index in [9.17, 15) is 23.5 Å². The van der Waals surface area contributed by atoms with E-state index in [1.54, 1.807) is 12.1 Å². The number of nitrogens with one attached hydrogen (secondary N) is 2. The average molecular weight is 396 g/mol. The summed E-state index contributed by atoms with van der Waals surface area (Å²) in [5.74, 6) is -3.07. The molecule has 0 saturated heterocycles. The Labute approximate surface area is 163 Å². The smallest absolute Gasteiger partial charge is 0.352 e. The van der Waals surface area contributed by atoms with Crippen LogP contribution in [0.15, 0.2) is 66.5 Å². The van der Waals surface area contributed by atoms with Crippen LogP contribution >= 0.6 is 0 Å². The van der Waals surface area contributed by atoms with Gasteiger partial charge in [0.05, 0.1) is 11.9 Å². The van der Waals surface area contributed by atoms with Crippen molar-refractivity contribution in [3.05, 3.63) is 89.3 Å². The molecule has 0 aliphatic carbocycles. The topological polar surface area (TPSA) is 96.2 Å². The molecule has 146 valence electrons. The van der Waals surface area contributed by atoms with Crippen LogP contribution in [-0.2, 0) is 4.79 Å². The molecular formula is C20H14F2N4O3. The molecule has 0 fully saturated rings. The molecule has 2 heterocycles. The summed E-state index contributed by atoms with van der Waals surface area (Å²) in [6, 6.07) is 10.6. The Hall–Kier alpha value is -4.01. The fraction of sp³-hybridized carbons (Fsp3) is 0.0500. The normalized spacial score (nSPS) is 15.1. The first-order chi connectivity index (χ1) is 14.0. The van der Waals surface area contributed by atoms with Gasteiger partial charge in [-0.15, -0.1) is 0 Å². The average Bonchev–Trinajstić information content (AvgIpc) is 3.13. The Bertz CT molecular complexity index is 1160. The number of anilines is 2. The molecule has 4 rings (SSSR count). The SMILES string of the molecule is O=C(O)C1=C[C@H](c2ccccc2F)n2ncc(C(=O)Nc3ccccc3F)c2N1. The summed E-state index contributed by atoms with van der Waals surface area (Å²) >= 11 is 0. The van der Waals surface area contributed by atoms with Crippen LogP contribution in [0.2, 0.25) is 0 Å². The first kappa shape index (κ1) is 18.4. The summed E-state index contributed by atoms with van der Waals surface area (Å²) in [5.41, 5.74) is -0.0845. The second-order valence-corrected chi connectivity index (χ2v) is 6.26. The number of rotatable bonds is 4. The fourth-order valence-electron chi connectivity index (χ4n) is 3.08. The van der Waals surface area contributed by atoms with E-state index in [1.165, 1.54) is 53.4 Å². The van der Waals surface area contributed by atoms with Crippen LogP contribution in [0.5, 0.6) is 0 Å². The highest BCUT2D eigenvalue weighted by atomic mass is 19.1. The number of aliphatic carboxylic acids is 1. The van der Waals surface area contributed by atoms with Crippen molar-refractivity contribution in [1.82, 2.24) is 9.78 Å². The third kappa shape index (κ3) is 3.33. The predicted octanol–water partition coefficient (Wildman–Crippen LogP) is 3.40. The van der Waals surface area contributed by atoms with Gasteiger partial charge in [-0.25, -0.2) is 18.3 Å². The van der Waals surface area contributed by atoms with Gasteiger partial charge in [0.2, 0.25) is 0 Å². The van der Waals surface area contributed by atoms with Crippen LogP contribution in [0.3, 0.4) is 0 Å². The molecule has 2 aromatic carbocycles. The van der Waals surface area contributed by atoms with Gasteiger partial charge in [-0.3, -0.25) is 4.79 Å². The minimum absolute atomic E-state index is 0.0126. The number of carboxylic acid groups (broad SMARTS) is 1. The quantitative estimate of drug-likeness (QED) is 0.628. The van der Waals surface area contributed by atoms with Crippen molar-refractivity contribution in [3.63, 3.8) is 0 Å². The van der Waals surface area contributed by atoms with E-state index >= 15 is 0 Å². The second kappa shape index (κ2) is 7.19. The molecule has 3 aromatic rings. The number of hydrogen-bond acceptors (Lipinski definition) is 4. The summed E-state index contributed by atoms with van der Waals surface area (Å²) in [6.45, 7) is 0. The molecule has 1 aromatic heterocycles. The van der Waals surface area contributed by atoms with E-state index in [-0.39, 0.29) is 28.3 Å². The zero-order valence-corrected chi connectivity index (χ0v) is 14.8. The van der Waals surface area contributed by atoms with Crippen LogP contribution in [0, 0.1) is 11.6 Å². The van der Waals surface area contributed by atoms with Crippen molar-refractivity contribution in [2.24, 2.45) is 0 Å². The zero-order valence-electron chi connectivity index (χ0n) is 14.8. The van der Waals surface area contributed by atoms with Crippen molar-refractivity contribution >= 4 is 23.4 Å². The van der Waals surface area contributed by atoms with Gasteiger partial charge in [-0.05, 0) is 24.3 Å². The summed E-state index contributed by atoms with van der Waals surface area (Å²) in [5, 5.41) is 18.6. The first-order valence-corrected chi connectivity index (χ1v) is 8.55. The lowest BCUT2D eigenvalue weighted by atomic mass is 10.0. The fourth-order valence-corrected chi connectivity index (χ4v) is 3.08. The number of amides is 1. The maximum Gasteiger partial charge on any atom is 0.352 e. The van der Waals surface area contributed by atoms with E-state index in [1.807, 2.05) is 0 Å². The Balaban J connectivity index is 1.75. The second-order valence-electron chi connectivity index (χ2n) is 6.26. The number of carbonyl (C=O) groups excluding carboxylic acids is 1. The van der Waals surface area contributed by atoms with Gasteiger partial charge in [0, 0.05) is 5.56 Å². The number of aromatic nitrogens is 2. The predicted molar refractivity (Wildman–Crippen MR) is 100 cm³/mol. The molecule has 0 spiro atoms. The highest BCUT2D eigenvalue weighted by molar-refractivity contribution is 6.08. The summed E-state index contributed by atoms with van der Waals surface area (Å²) < 4.78 is 29.5. The Kier molecular flexibility index (Phi) is 4.55. The van der Waals surface area contributed by atoms with E-state index < -0.39 is 29.6 Å². The van der Waals surface area contributed by atoms with Gasteiger partial charge in [0.15, 0.2) is 0 Å². The number of carbonyl (C=O) groups is 2. The molecule has 1 aliphatic heterocycles. The van der Waals surface area contributed by atoms with Crippen LogP contribution in [0.1, 0.15) is 22.0 Å². The third-order valence-electron chi connectivity index (χ3n) is 4.46. The maximum absolute atomic E-state index is 14.3. The molecule has 29 heavy (non-hydrogen) atoms. The lowest BCUT2D eigenvalue weighted by Gasteiger charge is -2.24. The number of hydrogen-bond donors (Lipinski definition) is 3. The largest absolute Gasteiger partial charge is 0.477 e. The minimum atomic E-state index is -1.28. The lowest BCUT2D eigenvalue weighted by molar-refractivity contribution is -0.132. The monoisotopic (exact) mass is 396 g/mol. The van der Waals surface area contributed by atoms with E-state index in [0.29, 0.717) is 0 Å². The maximum atomic E-state index is 14.3. The number of benzene rings is 2. The third-order valence-corrected chi connectivity index (χ3v) is 4.46. The summed E-state index contributed by atoms with van der Waals surface area (Å²) in [4.78, 5) is 24.2. The molecule has 1 amide bonds. The van der Waals surface area contributed by atoms with Gasteiger partial charge >= 0.3 is 5.97 Å². The van der Waals surface area contributed by atoms with Crippen LogP contribution in [0.25, 0.3) is 0 Å². The zero-order chi connectivity index (χ0) is 20.5. The molecule has 9 heteroatoms. The number of carboxylic acids is 1. The van der Waals surface area contributed by atoms with E-state index in [0.717, 1.165) is 0 Å². The highest BCUT2D eigenvalue weighted by Gasteiger charge is 2.30. The van der Waals surface area contributed by atoms with Crippen molar-refractivity contribution < 1.29 is 23.5 Å². The molecule has 1 atom stereocenters. The van der Waals surface area contributed by atoms with E-state index in [4.69, 9.17) is 0 Å².